The third kappa shape index (κ3) is 4.22. The summed E-state index contributed by atoms with van der Waals surface area (Å²) in [5.41, 5.74) is 1.06. The molecule has 0 radical (unpaired) electrons. The minimum absolute atomic E-state index is 0.00125. The van der Waals surface area contributed by atoms with Crippen LogP contribution in [-0.4, -0.2) is 46.1 Å². The predicted octanol–water partition coefficient (Wildman–Crippen LogP) is 2.60. The smallest absolute Gasteiger partial charge is 0.338 e. The molecule has 2 aromatic rings. The number of benzene rings is 1. The number of rotatable bonds is 5. The number of carboxylic acid groups (broad SMARTS) is 1. The van der Waals surface area contributed by atoms with Crippen LogP contribution < -0.4 is 0 Å². The Bertz CT molecular complexity index is 740. The summed E-state index contributed by atoms with van der Waals surface area (Å²) < 4.78 is 5.92. The SMILES string of the molecule is O=C(O)c1cccnc1C(=O)N1CCC(OCc2ccccc2)CC1. The number of nitrogens with zero attached hydrogens (tertiary/aromatic N) is 2. The van der Waals surface area contributed by atoms with E-state index in [1.54, 1.807) is 4.90 Å². The van der Waals surface area contributed by atoms with E-state index >= 15 is 0 Å². The maximum absolute atomic E-state index is 12.6. The van der Waals surface area contributed by atoms with Gasteiger partial charge < -0.3 is 14.7 Å². The Morgan fingerprint density at radius 3 is 2.52 bits per heavy atom. The number of piperidine rings is 1. The van der Waals surface area contributed by atoms with Crippen LogP contribution in [0.1, 0.15) is 39.3 Å². The largest absolute Gasteiger partial charge is 0.478 e. The molecule has 0 saturated carbocycles. The Balaban J connectivity index is 1.55. The number of ether oxygens (including phenoxy) is 1. The number of hydrogen-bond acceptors (Lipinski definition) is 4. The molecule has 0 bridgehead atoms. The van der Waals surface area contributed by atoms with Crippen LogP contribution in [0, 0.1) is 0 Å². The molecule has 1 amide bonds. The fraction of sp³-hybridized carbons (Fsp3) is 0.316. The summed E-state index contributed by atoms with van der Waals surface area (Å²) in [7, 11) is 0. The van der Waals surface area contributed by atoms with Crippen molar-refractivity contribution in [1.82, 2.24) is 9.88 Å². The molecule has 6 nitrogen and oxygen atoms in total. The highest BCUT2D eigenvalue weighted by Crippen LogP contribution is 2.18. The number of carbonyl (C=O) groups is 2. The average Bonchev–Trinajstić information content (AvgIpc) is 2.67. The lowest BCUT2D eigenvalue weighted by atomic mass is 10.1. The van der Waals surface area contributed by atoms with Gasteiger partial charge >= 0.3 is 5.97 Å². The zero-order chi connectivity index (χ0) is 17.6. The lowest BCUT2D eigenvalue weighted by Gasteiger charge is -2.32. The Morgan fingerprint density at radius 1 is 1.12 bits per heavy atom. The molecule has 0 aliphatic carbocycles. The molecule has 1 aliphatic heterocycles. The van der Waals surface area contributed by atoms with E-state index < -0.39 is 5.97 Å². The van der Waals surface area contributed by atoms with Gasteiger partial charge in [0, 0.05) is 19.3 Å². The molecule has 1 N–H and O–H groups in total. The van der Waals surface area contributed by atoms with Crippen LogP contribution in [0.5, 0.6) is 0 Å². The van der Waals surface area contributed by atoms with Gasteiger partial charge in [-0.3, -0.25) is 9.78 Å². The summed E-state index contributed by atoms with van der Waals surface area (Å²) in [5.74, 6) is -1.47. The molecule has 25 heavy (non-hydrogen) atoms. The molecule has 1 aliphatic rings. The monoisotopic (exact) mass is 340 g/mol. The van der Waals surface area contributed by atoms with Gasteiger partial charge in [-0.15, -0.1) is 0 Å². The first kappa shape index (κ1) is 17.1. The van der Waals surface area contributed by atoms with Crippen molar-refractivity contribution < 1.29 is 19.4 Å². The summed E-state index contributed by atoms with van der Waals surface area (Å²) in [4.78, 5) is 29.4. The number of carboxylic acids is 1. The van der Waals surface area contributed by atoms with Gasteiger partial charge in [-0.25, -0.2) is 4.79 Å². The van der Waals surface area contributed by atoms with Crippen LogP contribution in [0.25, 0.3) is 0 Å². The van der Waals surface area contributed by atoms with E-state index in [9.17, 15) is 14.7 Å². The second kappa shape index (κ2) is 7.90. The molecular weight excluding hydrogens is 320 g/mol. The van der Waals surface area contributed by atoms with Crippen molar-refractivity contribution in [1.29, 1.82) is 0 Å². The summed E-state index contributed by atoms with van der Waals surface area (Å²) in [6.45, 7) is 1.63. The van der Waals surface area contributed by atoms with Gasteiger partial charge in [0.25, 0.3) is 5.91 Å². The maximum atomic E-state index is 12.6. The Hall–Kier alpha value is -2.73. The molecule has 3 rings (SSSR count). The molecule has 0 unspecified atom stereocenters. The topological polar surface area (TPSA) is 79.7 Å². The first-order valence-electron chi connectivity index (χ1n) is 8.28. The van der Waals surface area contributed by atoms with Gasteiger partial charge in [0.15, 0.2) is 0 Å². The van der Waals surface area contributed by atoms with Crippen molar-refractivity contribution in [2.24, 2.45) is 0 Å². The Kier molecular flexibility index (Phi) is 5.40. The molecule has 6 heteroatoms. The van der Waals surface area contributed by atoms with E-state index in [-0.39, 0.29) is 23.3 Å². The number of aromatic carboxylic acids is 1. The molecule has 130 valence electrons. The number of amides is 1. The number of likely N-dealkylation sites (tertiary alicyclic amines) is 1. The van der Waals surface area contributed by atoms with Gasteiger partial charge in [0.2, 0.25) is 0 Å². The highest BCUT2D eigenvalue weighted by atomic mass is 16.5. The van der Waals surface area contributed by atoms with Crippen molar-refractivity contribution in [2.45, 2.75) is 25.6 Å². The summed E-state index contributed by atoms with van der Waals surface area (Å²) in [6, 6.07) is 12.9. The van der Waals surface area contributed by atoms with Gasteiger partial charge in [-0.05, 0) is 30.5 Å². The summed E-state index contributed by atoms with van der Waals surface area (Å²) in [6.07, 6.45) is 3.00. The van der Waals surface area contributed by atoms with E-state index in [1.807, 2.05) is 30.3 Å². The fourth-order valence-corrected chi connectivity index (χ4v) is 2.91. The number of aromatic nitrogens is 1. The van der Waals surface area contributed by atoms with E-state index in [0.29, 0.717) is 19.7 Å². The first-order valence-corrected chi connectivity index (χ1v) is 8.28. The lowest BCUT2D eigenvalue weighted by Crippen LogP contribution is -2.41. The van der Waals surface area contributed by atoms with Crippen LogP contribution in [0.2, 0.25) is 0 Å². The lowest BCUT2D eigenvalue weighted by molar-refractivity contribution is -0.000583. The van der Waals surface area contributed by atoms with E-state index in [0.717, 1.165) is 18.4 Å². The van der Waals surface area contributed by atoms with Gasteiger partial charge in [-0.1, -0.05) is 30.3 Å². The third-order valence-electron chi connectivity index (χ3n) is 4.30. The molecule has 1 aromatic carbocycles. The number of pyridine rings is 1. The third-order valence-corrected chi connectivity index (χ3v) is 4.30. The predicted molar refractivity (Wildman–Crippen MR) is 91.4 cm³/mol. The second-order valence-electron chi connectivity index (χ2n) is 5.99. The van der Waals surface area contributed by atoms with Gasteiger partial charge in [0.1, 0.15) is 5.69 Å². The molecule has 0 atom stereocenters. The highest BCUT2D eigenvalue weighted by molar-refractivity contribution is 6.03. The van der Waals surface area contributed by atoms with E-state index in [4.69, 9.17) is 4.74 Å². The zero-order valence-electron chi connectivity index (χ0n) is 13.8. The van der Waals surface area contributed by atoms with Crippen LogP contribution in [0.4, 0.5) is 0 Å². The Morgan fingerprint density at radius 2 is 1.84 bits per heavy atom. The van der Waals surface area contributed by atoms with Gasteiger partial charge in [-0.2, -0.15) is 0 Å². The molecule has 1 fully saturated rings. The summed E-state index contributed by atoms with van der Waals surface area (Å²) >= 11 is 0. The first-order chi connectivity index (χ1) is 12.1. The molecular formula is C19H20N2O4. The van der Waals surface area contributed by atoms with Gasteiger partial charge in [0.05, 0.1) is 18.3 Å². The number of hydrogen-bond donors (Lipinski definition) is 1. The van der Waals surface area contributed by atoms with Crippen LogP contribution >= 0.6 is 0 Å². The minimum atomic E-state index is -1.14. The number of carbonyl (C=O) groups excluding carboxylic acids is 1. The van der Waals surface area contributed by atoms with Crippen molar-refractivity contribution in [3.8, 4) is 0 Å². The van der Waals surface area contributed by atoms with Crippen LogP contribution in [-0.2, 0) is 11.3 Å². The van der Waals surface area contributed by atoms with Crippen LogP contribution in [0.15, 0.2) is 48.7 Å². The van der Waals surface area contributed by atoms with Crippen molar-refractivity contribution in [3.05, 3.63) is 65.5 Å². The van der Waals surface area contributed by atoms with Crippen molar-refractivity contribution >= 4 is 11.9 Å². The minimum Gasteiger partial charge on any atom is -0.478 e. The molecule has 1 saturated heterocycles. The van der Waals surface area contributed by atoms with Crippen molar-refractivity contribution in [2.75, 3.05) is 13.1 Å². The Labute approximate surface area is 146 Å². The molecule has 2 heterocycles. The van der Waals surface area contributed by atoms with Crippen LogP contribution in [0.3, 0.4) is 0 Å². The maximum Gasteiger partial charge on any atom is 0.338 e. The molecule has 0 spiro atoms. The normalized spacial score (nSPS) is 15.1. The van der Waals surface area contributed by atoms with E-state index in [2.05, 4.69) is 4.98 Å². The summed E-state index contributed by atoms with van der Waals surface area (Å²) in [5, 5.41) is 9.20. The fourth-order valence-electron chi connectivity index (χ4n) is 2.91. The quantitative estimate of drug-likeness (QED) is 0.905. The standard InChI is InChI=1S/C19H20N2O4/c22-18(17-16(19(23)24)7-4-10-20-17)21-11-8-15(9-12-21)25-13-14-5-2-1-3-6-14/h1-7,10,15H,8-9,11-13H2,(H,23,24). The molecule has 1 aromatic heterocycles. The second-order valence-corrected chi connectivity index (χ2v) is 5.99. The zero-order valence-corrected chi connectivity index (χ0v) is 13.8. The average molecular weight is 340 g/mol. The highest BCUT2D eigenvalue weighted by Gasteiger charge is 2.27. The van der Waals surface area contributed by atoms with E-state index in [1.165, 1.54) is 18.3 Å². The van der Waals surface area contributed by atoms with Crippen molar-refractivity contribution in [3.63, 3.8) is 0 Å².